The average molecular weight is 301 g/mol. The molecule has 5 heteroatoms. The fourth-order valence-corrected chi connectivity index (χ4v) is 2.79. The number of benzene rings is 1. The Morgan fingerprint density at radius 1 is 1.14 bits per heavy atom. The lowest BCUT2D eigenvalue weighted by atomic mass is 9.99. The highest BCUT2D eigenvalue weighted by Gasteiger charge is 2.29. The van der Waals surface area contributed by atoms with Crippen LogP contribution in [0.1, 0.15) is 43.0 Å². The van der Waals surface area contributed by atoms with Gasteiger partial charge in [0.25, 0.3) is 5.91 Å². The van der Waals surface area contributed by atoms with E-state index in [1.54, 1.807) is 24.3 Å². The molecule has 0 bridgehead atoms. The molecule has 5 nitrogen and oxygen atoms in total. The lowest BCUT2D eigenvalue weighted by Gasteiger charge is -2.30. The number of rotatable bonds is 4. The van der Waals surface area contributed by atoms with E-state index in [9.17, 15) is 9.59 Å². The number of carbonyl (C=O) groups excluding carboxylic acids is 2. The van der Waals surface area contributed by atoms with Crippen molar-refractivity contribution < 1.29 is 9.59 Å². The number of anilines is 1. The number of hydrogen-bond donors (Lipinski definition) is 3. The van der Waals surface area contributed by atoms with Crippen molar-refractivity contribution in [1.82, 2.24) is 10.6 Å². The molecule has 1 saturated carbocycles. The smallest absolute Gasteiger partial charge is 0.251 e. The summed E-state index contributed by atoms with van der Waals surface area (Å²) in [5.41, 5.74) is 1.38. The van der Waals surface area contributed by atoms with Gasteiger partial charge in [-0.1, -0.05) is 0 Å². The van der Waals surface area contributed by atoms with Gasteiger partial charge >= 0.3 is 0 Å². The molecule has 0 spiro atoms. The third-order valence-electron chi connectivity index (χ3n) is 4.44. The second-order valence-corrected chi connectivity index (χ2v) is 6.31. The summed E-state index contributed by atoms with van der Waals surface area (Å²) in [6.07, 6.45) is 4.07. The molecule has 1 saturated heterocycles. The SMILES string of the molecule is CC1NCCCC1NC(=O)c1ccc(NC(=O)C2CC2)cc1. The van der Waals surface area contributed by atoms with Crippen molar-refractivity contribution in [2.24, 2.45) is 5.92 Å². The van der Waals surface area contributed by atoms with E-state index in [4.69, 9.17) is 0 Å². The van der Waals surface area contributed by atoms with Crippen LogP contribution in [0.15, 0.2) is 24.3 Å². The average Bonchev–Trinajstić information content (AvgIpc) is 3.35. The van der Waals surface area contributed by atoms with Crippen LogP contribution >= 0.6 is 0 Å². The van der Waals surface area contributed by atoms with Gasteiger partial charge in [0, 0.05) is 29.3 Å². The Kier molecular flexibility index (Phi) is 4.43. The number of carbonyl (C=O) groups is 2. The molecule has 118 valence electrons. The van der Waals surface area contributed by atoms with Crippen molar-refractivity contribution in [2.75, 3.05) is 11.9 Å². The molecular weight excluding hydrogens is 278 g/mol. The Balaban J connectivity index is 1.57. The van der Waals surface area contributed by atoms with Gasteiger partial charge in [0.1, 0.15) is 0 Å². The van der Waals surface area contributed by atoms with E-state index in [0.29, 0.717) is 11.6 Å². The van der Waals surface area contributed by atoms with Gasteiger partial charge in [-0.3, -0.25) is 9.59 Å². The first-order chi connectivity index (χ1) is 10.6. The fourth-order valence-electron chi connectivity index (χ4n) is 2.79. The fraction of sp³-hybridized carbons (Fsp3) is 0.529. The zero-order valence-electron chi connectivity index (χ0n) is 12.9. The van der Waals surface area contributed by atoms with Gasteiger partial charge in [0.2, 0.25) is 5.91 Å². The Morgan fingerprint density at radius 3 is 2.50 bits per heavy atom. The van der Waals surface area contributed by atoms with Gasteiger partial charge in [-0.25, -0.2) is 0 Å². The molecule has 2 unspecified atom stereocenters. The summed E-state index contributed by atoms with van der Waals surface area (Å²) < 4.78 is 0. The summed E-state index contributed by atoms with van der Waals surface area (Å²) in [4.78, 5) is 24.0. The molecule has 2 aliphatic rings. The third-order valence-corrected chi connectivity index (χ3v) is 4.44. The van der Waals surface area contributed by atoms with Crippen LogP contribution in [0.4, 0.5) is 5.69 Å². The van der Waals surface area contributed by atoms with Gasteiger partial charge < -0.3 is 16.0 Å². The van der Waals surface area contributed by atoms with E-state index in [0.717, 1.165) is 37.9 Å². The molecular formula is C17H23N3O2. The first-order valence-corrected chi connectivity index (χ1v) is 8.08. The molecule has 0 radical (unpaired) electrons. The first kappa shape index (κ1) is 15.0. The number of nitrogens with one attached hydrogen (secondary N) is 3. The van der Waals surface area contributed by atoms with Crippen LogP contribution in [0.5, 0.6) is 0 Å². The standard InChI is InChI=1S/C17H23N3O2/c1-11-15(3-2-10-18-11)20-17(22)13-6-8-14(9-7-13)19-16(21)12-4-5-12/h6-9,11-12,15,18H,2-5,10H2,1H3,(H,19,21)(H,20,22). The van der Waals surface area contributed by atoms with Crippen molar-refractivity contribution in [1.29, 1.82) is 0 Å². The van der Waals surface area contributed by atoms with Crippen LogP contribution < -0.4 is 16.0 Å². The molecule has 3 rings (SSSR count). The van der Waals surface area contributed by atoms with Gasteiger partial charge in [0.15, 0.2) is 0 Å². The molecule has 22 heavy (non-hydrogen) atoms. The van der Waals surface area contributed by atoms with Crippen molar-refractivity contribution in [3.8, 4) is 0 Å². The van der Waals surface area contributed by atoms with Gasteiger partial charge in [-0.05, 0) is 63.4 Å². The molecule has 2 amide bonds. The lowest BCUT2D eigenvalue weighted by Crippen LogP contribution is -2.51. The maximum absolute atomic E-state index is 12.3. The molecule has 1 aromatic rings. The third kappa shape index (κ3) is 3.65. The first-order valence-electron chi connectivity index (χ1n) is 8.08. The summed E-state index contributed by atoms with van der Waals surface area (Å²) in [5, 5.41) is 9.34. The predicted molar refractivity (Wildman–Crippen MR) is 85.7 cm³/mol. The molecule has 1 aliphatic heterocycles. The van der Waals surface area contributed by atoms with Crippen LogP contribution in [0.25, 0.3) is 0 Å². The molecule has 1 heterocycles. The topological polar surface area (TPSA) is 70.2 Å². The molecule has 1 aromatic carbocycles. The predicted octanol–water partition coefficient (Wildman–Crippen LogP) is 1.91. The Bertz CT molecular complexity index is 552. The zero-order valence-corrected chi connectivity index (χ0v) is 12.9. The molecule has 2 fully saturated rings. The van der Waals surface area contributed by atoms with E-state index < -0.39 is 0 Å². The molecule has 3 N–H and O–H groups in total. The van der Waals surface area contributed by atoms with Crippen molar-refractivity contribution >= 4 is 17.5 Å². The van der Waals surface area contributed by atoms with Gasteiger partial charge in [0.05, 0.1) is 0 Å². The Labute approximate surface area is 130 Å². The van der Waals surface area contributed by atoms with E-state index in [2.05, 4.69) is 22.9 Å². The largest absolute Gasteiger partial charge is 0.348 e. The summed E-state index contributed by atoms with van der Waals surface area (Å²) in [5.74, 6) is 0.211. The Hall–Kier alpha value is -1.88. The van der Waals surface area contributed by atoms with Gasteiger partial charge in [-0.2, -0.15) is 0 Å². The summed E-state index contributed by atoms with van der Waals surface area (Å²) in [6.45, 7) is 3.11. The zero-order chi connectivity index (χ0) is 15.5. The highest BCUT2D eigenvalue weighted by atomic mass is 16.2. The monoisotopic (exact) mass is 301 g/mol. The minimum atomic E-state index is -0.0550. The van der Waals surface area contributed by atoms with Crippen LogP contribution in [0.3, 0.4) is 0 Å². The highest BCUT2D eigenvalue weighted by molar-refractivity contribution is 5.96. The Morgan fingerprint density at radius 2 is 1.86 bits per heavy atom. The van der Waals surface area contributed by atoms with Crippen LogP contribution in [0, 0.1) is 5.92 Å². The van der Waals surface area contributed by atoms with Crippen molar-refractivity contribution in [3.63, 3.8) is 0 Å². The maximum atomic E-state index is 12.3. The molecule has 2 atom stereocenters. The number of hydrogen-bond acceptors (Lipinski definition) is 3. The van der Waals surface area contributed by atoms with Crippen LogP contribution in [-0.2, 0) is 4.79 Å². The number of amides is 2. The second kappa shape index (κ2) is 6.48. The normalized spacial score (nSPS) is 24.6. The minimum Gasteiger partial charge on any atom is -0.348 e. The van der Waals surface area contributed by atoms with Crippen LogP contribution in [0.2, 0.25) is 0 Å². The maximum Gasteiger partial charge on any atom is 0.251 e. The van der Waals surface area contributed by atoms with E-state index in [1.807, 2.05) is 0 Å². The van der Waals surface area contributed by atoms with E-state index >= 15 is 0 Å². The van der Waals surface area contributed by atoms with E-state index in [1.165, 1.54) is 0 Å². The summed E-state index contributed by atoms with van der Waals surface area (Å²) in [6, 6.07) is 7.58. The summed E-state index contributed by atoms with van der Waals surface area (Å²) in [7, 11) is 0. The molecule has 0 aromatic heterocycles. The minimum absolute atomic E-state index is 0.0550. The summed E-state index contributed by atoms with van der Waals surface area (Å²) >= 11 is 0. The van der Waals surface area contributed by atoms with E-state index in [-0.39, 0.29) is 23.8 Å². The second-order valence-electron chi connectivity index (χ2n) is 6.31. The highest BCUT2D eigenvalue weighted by Crippen LogP contribution is 2.30. The quantitative estimate of drug-likeness (QED) is 0.795. The van der Waals surface area contributed by atoms with Crippen LogP contribution in [-0.4, -0.2) is 30.4 Å². The van der Waals surface area contributed by atoms with Gasteiger partial charge in [-0.15, -0.1) is 0 Å². The van der Waals surface area contributed by atoms with Crippen molar-refractivity contribution in [2.45, 2.75) is 44.7 Å². The van der Waals surface area contributed by atoms with Crippen molar-refractivity contribution in [3.05, 3.63) is 29.8 Å². The lowest BCUT2D eigenvalue weighted by molar-refractivity contribution is -0.117. The number of piperidine rings is 1. The molecule has 1 aliphatic carbocycles.